The van der Waals surface area contributed by atoms with E-state index in [4.69, 9.17) is 4.74 Å². The van der Waals surface area contributed by atoms with Gasteiger partial charge in [0, 0.05) is 5.56 Å². The van der Waals surface area contributed by atoms with Crippen molar-refractivity contribution in [2.45, 2.75) is 32.6 Å². The van der Waals surface area contributed by atoms with Crippen LogP contribution in [0.3, 0.4) is 0 Å². The third-order valence-electron chi connectivity index (χ3n) is 4.07. The second kappa shape index (κ2) is 7.89. The number of ether oxygens (including phenoxy) is 1. The number of alkyl halides is 3. The highest BCUT2D eigenvalue weighted by molar-refractivity contribution is 5.94. The van der Waals surface area contributed by atoms with Crippen LogP contribution < -0.4 is 10.6 Å². The molecule has 154 valence electrons. The summed E-state index contributed by atoms with van der Waals surface area (Å²) in [4.78, 5) is 25.1. The Bertz CT molecular complexity index is 969. The van der Waals surface area contributed by atoms with Crippen LogP contribution in [0.4, 0.5) is 18.0 Å². The molecule has 1 aliphatic heterocycles. The summed E-state index contributed by atoms with van der Waals surface area (Å²) in [5, 5.41) is 16.7. The number of carbonyl (C=O) groups excluding carboxylic acids is 2. The molecule has 0 bridgehead atoms. The normalized spacial score (nSPS) is 17.0. The largest absolute Gasteiger partial charge is 0.463 e. The van der Waals surface area contributed by atoms with Gasteiger partial charge in [-0.1, -0.05) is 12.1 Å². The Morgan fingerprint density at radius 2 is 2.10 bits per heavy atom. The molecule has 0 saturated carbocycles. The summed E-state index contributed by atoms with van der Waals surface area (Å²) in [6.45, 7) is 3.29. The minimum atomic E-state index is -4.50. The predicted octanol–water partition coefficient (Wildman–Crippen LogP) is 1.88. The molecule has 0 fully saturated rings. The summed E-state index contributed by atoms with van der Waals surface area (Å²) in [6.07, 6.45) is -4.50. The first-order valence-corrected chi connectivity index (χ1v) is 8.62. The molecule has 0 unspecified atom stereocenters. The SMILES string of the molecule is CCOC(=O)C1=C(Cn2nnc(-c3cccc(C(F)(F)F)c3)n2)NC(=O)N[C@H]1C. The van der Waals surface area contributed by atoms with Crippen LogP contribution in [-0.2, 0) is 22.3 Å². The fourth-order valence-electron chi connectivity index (χ4n) is 2.81. The lowest BCUT2D eigenvalue weighted by atomic mass is 10.0. The number of rotatable bonds is 5. The molecule has 0 radical (unpaired) electrons. The summed E-state index contributed by atoms with van der Waals surface area (Å²) in [5.74, 6) is -0.636. The lowest BCUT2D eigenvalue weighted by molar-refractivity contribution is -0.139. The summed E-state index contributed by atoms with van der Waals surface area (Å²) >= 11 is 0. The number of amides is 2. The number of carbonyl (C=O) groups is 2. The average Bonchev–Trinajstić information content (AvgIpc) is 3.09. The number of esters is 1. The molecule has 0 aliphatic carbocycles. The summed E-state index contributed by atoms with van der Waals surface area (Å²) in [6, 6.07) is 3.40. The van der Waals surface area contributed by atoms with Gasteiger partial charge in [0.25, 0.3) is 0 Å². The van der Waals surface area contributed by atoms with Gasteiger partial charge in [0.15, 0.2) is 0 Å². The zero-order valence-corrected chi connectivity index (χ0v) is 15.4. The molecule has 1 aromatic carbocycles. The van der Waals surface area contributed by atoms with Gasteiger partial charge in [-0.3, -0.25) is 0 Å². The lowest BCUT2D eigenvalue weighted by Crippen LogP contribution is -2.50. The van der Waals surface area contributed by atoms with Crippen molar-refractivity contribution in [1.82, 2.24) is 30.8 Å². The van der Waals surface area contributed by atoms with Gasteiger partial charge in [0.1, 0.15) is 6.54 Å². The van der Waals surface area contributed by atoms with Gasteiger partial charge in [-0.15, -0.1) is 10.2 Å². The molecule has 2 aromatic rings. The Morgan fingerprint density at radius 1 is 1.34 bits per heavy atom. The zero-order chi connectivity index (χ0) is 21.2. The molecule has 2 N–H and O–H groups in total. The van der Waals surface area contributed by atoms with Crippen molar-refractivity contribution in [2.75, 3.05) is 6.61 Å². The summed E-state index contributed by atoms with van der Waals surface area (Å²) < 4.78 is 43.7. The van der Waals surface area contributed by atoms with E-state index in [2.05, 4.69) is 26.0 Å². The van der Waals surface area contributed by atoms with Gasteiger partial charge < -0.3 is 15.4 Å². The first-order valence-electron chi connectivity index (χ1n) is 8.62. The number of nitrogens with zero attached hydrogens (tertiary/aromatic N) is 4. The van der Waals surface area contributed by atoms with Crippen LogP contribution in [0.25, 0.3) is 11.4 Å². The van der Waals surface area contributed by atoms with Crippen LogP contribution in [0, 0.1) is 0 Å². The monoisotopic (exact) mass is 410 g/mol. The predicted molar refractivity (Wildman–Crippen MR) is 93.0 cm³/mol. The Kier molecular flexibility index (Phi) is 5.52. The van der Waals surface area contributed by atoms with E-state index in [1.165, 1.54) is 12.1 Å². The van der Waals surface area contributed by atoms with Gasteiger partial charge in [-0.25, -0.2) is 9.59 Å². The zero-order valence-electron chi connectivity index (χ0n) is 15.4. The van der Waals surface area contributed by atoms with E-state index >= 15 is 0 Å². The molecular weight excluding hydrogens is 393 g/mol. The number of urea groups is 1. The van der Waals surface area contributed by atoms with Gasteiger partial charge in [0.2, 0.25) is 5.82 Å². The second-order valence-corrected chi connectivity index (χ2v) is 6.15. The van der Waals surface area contributed by atoms with E-state index in [0.29, 0.717) is 0 Å². The van der Waals surface area contributed by atoms with Crippen molar-refractivity contribution in [3.05, 3.63) is 41.1 Å². The van der Waals surface area contributed by atoms with E-state index < -0.39 is 29.8 Å². The number of halogens is 3. The third-order valence-corrected chi connectivity index (χ3v) is 4.07. The number of hydrogen-bond acceptors (Lipinski definition) is 6. The molecule has 29 heavy (non-hydrogen) atoms. The molecule has 12 heteroatoms. The van der Waals surface area contributed by atoms with Crippen LogP contribution >= 0.6 is 0 Å². The van der Waals surface area contributed by atoms with Crippen LogP contribution in [0.2, 0.25) is 0 Å². The molecule has 0 spiro atoms. The van der Waals surface area contributed by atoms with Crippen LogP contribution in [-0.4, -0.2) is 44.9 Å². The quantitative estimate of drug-likeness (QED) is 0.728. The Morgan fingerprint density at radius 3 is 2.79 bits per heavy atom. The number of hydrogen-bond donors (Lipinski definition) is 2. The standard InChI is InChI=1S/C17H17F3N6O3/c1-3-29-15(27)13-9(2)21-16(28)22-12(13)8-26-24-14(23-25-26)10-5-4-6-11(7-10)17(18,19)20/h4-7,9H,3,8H2,1-2H3,(H2,21,22,28)/t9-/m0/s1. The van der Waals surface area contributed by atoms with Gasteiger partial charge >= 0.3 is 18.2 Å². The number of nitrogens with one attached hydrogen (secondary N) is 2. The van der Waals surface area contributed by atoms with Crippen molar-refractivity contribution in [2.24, 2.45) is 0 Å². The minimum absolute atomic E-state index is 0.0253. The molecule has 1 aliphatic rings. The summed E-state index contributed by atoms with van der Waals surface area (Å²) in [7, 11) is 0. The topological polar surface area (TPSA) is 111 Å². The molecule has 9 nitrogen and oxygen atoms in total. The first-order chi connectivity index (χ1) is 13.7. The van der Waals surface area contributed by atoms with E-state index in [9.17, 15) is 22.8 Å². The van der Waals surface area contributed by atoms with Crippen molar-refractivity contribution in [3.8, 4) is 11.4 Å². The van der Waals surface area contributed by atoms with Crippen molar-refractivity contribution in [3.63, 3.8) is 0 Å². The molecule has 3 rings (SSSR count). The highest BCUT2D eigenvalue weighted by Gasteiger charge is 2.31. The van der Waals surface area contributed by atoms with Crippen molar-refractivity contribution in [1.29, 1.82) is 0 Å². The van der Waals surface area contributed by atoms with Crippen LogP contribution in [0.5, 0.6) is 0 Å². The molecule has 2 amide bonds. The smallest absolute Gasteiger partial charge is 0.416 e. The van der Waals surface area contributed by atoms with Gasteiger partial charge in [-0.05, 0) is 31.2 Å². The second-order valence-electron chi connectivity index (χ2n) is 6.15. The van der Waals surface area contributed by atoms with Crippen LogP contribution in [0.15, 0.2) is 35.5 Å². The number of aromatic nitrogens is 4. The Balaban J connectivity index is 1.89. The fourth-order valence-corrected chi connectivity index (χ4v) is 2.81. The highest BCUT2D eigenvalue weighted by atomic mass is 19.4. The van der Waals surface area contributed by atoms with Gasteiger partial charge in [-0.2, -0.15) is 18.0 Å². The molecule has 2 heterocycles. The lowest BCUT2D eigenvalue weighted by Gasteiger charge is -2.26. The minimum Gasteiger partial charge on any atom is -0.463 e. The molecular formula is C17H17F3N6O3. The molecule has 1 atom stereocenters. The van der Waals surface area contributed by atoms with E-state index in [0.717, 1.165) is 16.9 Å². The van der Waals surface area contributed by atoms with E-state index in [1.54, 1.807) is 13.8 Å². The summed E-state index contributed by atoms with van der Waals surface area (Å²) in [5.41, 5.74) is -0.288. The first kappa shape index (κ1) is 20.3. The maximum Gasteiger partial charge on any atom is 0.416 e. The highest BCUT2D eigenvalue weighted by Crippen LogP contribution is 2.31. The van der Waals surface area contributed by atoms with Crippen LogP contribution in [0.1, 0.15) is 19.4 Å². The maximum atomic E-state index is 12.9. The fraction of sp³-hybridized carbons (Fsp3) is 0.353. The maximum absolute atomic E-state index is 12.9. The molecule has 1 aromatic heterocycles. The number of allylic oxidation sites excluding steroid dienone is 1. The average molecular weight is 410 g/mol. The number of tetrazole rings is 1. The number of benzene rings is 1. The molecule has 0 saturated heterocycles. The van der Waals surface area contributed by atoms with E-state index in [-0.39, 0.29) is 35.8 Å². The third kappa shape index (κ3) is 4.52. The Labute approximate surface area is 162 Å². The van der Waals surface area contributed by atoms with Crippen molar-refractivity contribution >= 4 is 12.0 Å². The van der Waals surface area contributed by atoms with Crippen molar-refractivity contribution < 1.29 is 27.5 Å². The van der Waals surface area contributed by atoms with Gasteiger partial charge in [0.05, 0.1) is 29.5 Å². The Hall–Kier alpha value is -3.44. The van der Waals surface area contributed by atoms with E-state index in [1.807, 2.05) is 0 Å².